The summed E-state index contributed by atoms with van der Waals surface area (Å²) in [6.07, 6.45) is 8.05. The number of nitrogens with one attached hydrogen (secondary N) is 3. The van der Waals surface area contributed by atoms with Crippen molar-refractivity contribution in [2.45, 2.75) is 50.7 Å². The second-order valence-corrected chi connectivity index (χ2v) is 8.13. The van der Waals surface area contributed by atoms with Crippen LogP contribution in [0.1, 0.15) is 42.0 Å². The highest BCUT2D eigenvalue weighted by molar-refractivity contribution is 6.03. The molecule has 0 saturated carbocycles. The first-order chi connectivity index (χ1) is 14.1. The third-order valence-electron chi connectivity index (χ3n) is 6.23. The number of aromatic amines is 1. The quantitative estimate of drug-likeness (QED) is 0.632. The summed E-state index contributed by atoms with van der Waals surface area (Å²) in [5.74, 6) is 1.69. The number of imidazole rings is 1. The molecular weight excluding hydrogens is 366 g/mol. The molecule has 1 amide bonds. The number of amides is 1. The average molecular weight is 391 g/mol. The van der Waals surface area contributed by atoms with Gasteiger partial charge in [-0.05, 0) is 51.8 Å². The molecule has 5 heterocycles. The van der Waals surface area contributed by atoms with E-state index in [9.17, 15) is 4.79 Å². The smallest absolute Gasteiger partial charge is 0.274 e. The maximum Gasteiger partial charge on any atom is 0.274 e. The van der Waals surface area contributed by atoms with Gasteiger partial charge >= 0.3 is 0 Å². The summed E-state index contributed by atoms with van der Waals surface area (Å²) in [5, 5.41) is 7.49. The lowest BCUT2D eigenvalue weighted by atomic mass is 9.98. The molecule has 3 N–H and O–H groups in total. The van der Waals surface area contributed by atoms with Crippen molar-refractivity contribution in [3.63, 3.8) is 0 Å². The first-order valence-electron chi connectivity index (χ1n) is 10.1. The van der Waals surface area contributed by atoms with Crippen molar-refractivity contribution >= 4 is 28.4 Å². The largest absolute Gasteiger partial charge is 0.367 e. The average Bonchev–Trinajstić information content (AvgIpc) is 3.21. The summed E-state index contributed by atoms with van der Waals surface area (Å²) in [7, 11) is 2.24. The Morgan fingerprint density at radius 1 is 1.24 bits per heavy atom. The molecule has 8 heteroatoms. The van der Waals surface area contributed by atoms with E-state index in [1.165, 1.54) is 19.0 Å². The zero-order valence-corrected chi connectivity index (χ0v) is 16.6. The molecule has 29 heavy (non-hydrogen) atoms. The molecule has 2 bridgehead atoms. The maximum absolute atomic E-state index is 12.5. The number of piperidine rings is 1. The number of anilines is 2. The van der Waals surface area contributed by atoms with E-state index in [-0.39, 0.29) is 5.91 Å². The van der Waals surface area contributed by atoms with Crippen LogP contribution in [-0.2, 0) is 0 Å². The first kappa shape index (κ1) is 18.1. The second kappa shape index (κ2) is 7.11. The van der Waals surface area contributed by atoms with Crippen LogP contribution in [-0.4, -0.2) is 55.9 Å². The standard InChI is InChI=1S/C21H25N7O/c1-12-23-11-18(24-12)21(29)27-19-10-17-16(4-3-7-22-17)20(26-19)25-13-8-14-5-6-15(9-13)28(14)2/h3-4,7,10-11,13-15H,5-6,8-9H2,1-2H3,(H,23,24)(H2,25,26,27,29). The summed E-state index contributed by atoms with van der Waals surface area (Å²) >= 11 is 0. The zero-order valence-electron chi connectivity index (χ0n) is 16.6. The SMILES string of the molecule is Cc1ncc(C(=O)Nc2cc3ncccc3c(NC3CC4CCC(C3)N4C)n2)[nH]1. The minimum atomic E-state index is -0.267. The number of aromatic nitrogens is 4. The topological polar surface area (TPSA) is 98.8 Å². The van der Waals surface area contributed by atoms with Crippen molar-refractivity contribution in [1.82, 2.24) is 24.8 Å². The number of hydrogen-bond donors (Lipinski definition) is 3. The number of carbonyl (C=O) groups excluding carboxylic acids is 1. The van der Waals surface area contributed by atoms with Crippen molar-refractivity contribution in [2.75, 3.05) is 17.7 Å². The Kier molecular flexibility index (Phi) is 4.43. The van der Waals surface area contributed by atoms with Gasteiger partial charge < -0.3 is 20.5 Å². The molecule has 2 aliphatic heterocycles. The molecule has 0 aliphatic carbocycles. The molecule has 2 saturated heterocycles. The van der Waals surface area contributed by atoms with Crippen LogP contribution in [0.3, 0.4) is 0 Å². The third-order valence-corrected chi connectivity index (χ3v) is 6.23. The van der Waals surface area contributed by atoms with Crippen molar-refractivity contribution in [2.24, 2.45) is 0 Å². The van der Waals surface area contributed by atoms with Crippen LogP contribution < -0.4 is 10.6 Å². The van der Waals surface area contributed by atoms with Gasteiger partial charge in [-0.25, -0.2) is 9.97 Å². The van der Waals surface area contributed by atoms with Gasteiger partial charge in [0.05, 0.1) is 11.7 Å². The van der Waals surface area contributed by atoms with E-state index in [1.807, 2.05) is 19.1 Å². The Morgan fingerprint density at radius 2 is 2.03 bits per heavy atom. The summed E-state index contributed by atoms with van der Waals surface area (Å²) in [4.78, 5) is 31.3. The molecule has 3 aromatic heterocycles. The predicted molar refractivity (Wildman–Crippen MR) is 112 cm³/mol. The number of nitrogens with zero attached hydrogens (tertiary/aromatic N) is 4. The van der Waals surface area contributed by atoms with Crippen LogP contribution in [0.15, 0.2) is 30.6 Å². The number of carbonyl (C=O) groups is 1. The van der Waals surface area contributed by atoms with E-state index in [1.54, 1.807) is 12.3 Å². The normalized spacial score (nSPS) is 24.0. The van der Waals surface area contributed by atoms with Gasteiger partial charge in [0.2, 0.25) is 0 Å². The van der Waals surface area contributed by atoms with E-state index in [0.29, 0.717) is 35.5 Å². The minimum Gasteiger partial charge on any atom is -0.367 e. The Balaban J connectivity index is 1.42. The van der Waals surface area contributed by atoms with Crippen molar-refractivity contribution in [1.29, 1.82) is 0 Å². The first-order valence-corrected chi connectivity index (χ1v) is 10.1. The van der Waals surface area contributed by atoms with Crippen molar-refractivity contribution < 1.29 is 4.79 Å². The molecule has 150 valence electrons. The molecule has 2 aliphatic rings. The molecule has 0 aromatic carbocycles. The Hall–Kier alpha value is -3.00. The van der Waals surface area contributed by atoms with Gasteiger partial charge in [-0.15, -0.1) is 0 Å². The lowest BCUT2D eigenvalue weighted by molar-refractivity contribution is 0.102. The number of fused-ring (bicyclic) bond motifs is 3. The molecule has 3 aromatic rings. The summed E-state index contributed by atoms with van der Waals surface area (Å²) in [6, 6.07) is 7.40. The molecular formula is C21H25N7O. The van der Waals surface area contributed by atoms with Crippen LogP contribution in [0.2, 0.25) is 0 Å². The van der Waals surface area contributed by atoms with E-state index in [4.69, 9.17) is 4.98 Å². The summed E-state index contributed by atoms with van der Waals surface area (Å²) in [6.45, 7) is 1.81. The Morgan fingerprint density at radius 3 is 2.76 bits per heavy atom. The fourth-order valence-corrected chi connectivity index (χ4v) is 4.69. The zero-order chi connectivity index (χ0) is 20.0. The molecule has 5 rings (SSSR count). The summed E-state index contributed by atoms with van der Waals surface area (Å²) in [5.41, 5.74) is 1.21. The number of hydrogen-bond acceptors (Lipinski definition) is 6. The third kappa shape index (κ3) is 3.44. The van der Waals surface area contributed by atoms with Gasteiger partial charge in [-0.2, -0.15) is 0 Å². The fourth-order valence-electron chi connectivity index (χ4n) is 4.69. The van der Waals surface area contributed by atoms with Gasteiger partial charge in [0.25, 0.3) is 5.91 Å². The van der Waals surface area contributed by atoms with Crippen LogP contribution in [0.4, 0.5) is 11.6 Å². The monoisotopic (exact) mass is 391 g/mol. The molecule has 2 atom stereocenters. The minimum absolute atomic E-state index is 0.267. The lowest BCUT2D eigenvalue weighted by Gasteiger charge is -2.37. The van der Waals surface area contributed by atoms with E-state index in [0.717, 1.165) is 29.6 Å². The molecule has 2 fully saturated rings. The number of H-pyrrole nitrogens is 1. The Labute approximate surface area is 169 Å². The van der Waals surface area contributed by atoms with Gasteiger partial charge in [0.15, 0.2) is 0 Å². The number of pyridine rings is 2. The lowest BCUT2D eigenvalue weighted by Crippen LogP contribution is -2.44. The van der Waals surface area contributed by atoms with Gasteiger partial charge in [0.1, 0.15) is 23.2 Å². The predicted octanol–water partition coefficient (Wildman–Crippen LogP) is 2.95. The second-order valence-electron chi connectivity index (χ2n) is 8.13. The number of rotatable bonds is 4. The molecule has 0 radical (unpaired) electrons. The van der Waals surface area contributed by atoms with Crippen LogP contribution >= 0.6 is 0 Å². The van der Waals surface area contributed by atoms with E-state index in [2.05, 4.69) is 37.5 Å². The highest BCUT2D eigenvalue weighted by atomic mass is 16.2. The number of aryl methyl sites for hydroxylation is 1. The maximum atomic E-state index is 12.5. The molecule has 0 spiro atoms. The molecule has 2 unspecified atom stereocenters. The van der Waals surface area contributed by atoms with Crippen LogP contribution in [0, 0.1) is 6.92 Å². The fraction of sp³-hybridized carbons (Fsp3) is 0.429. The van der Waals surface area contributed by atoms with Gasteiger partial charge in [-0.1, -0.05) is 0 Å². The van der Waals surface area contributed by atoms with Crippen LogP contribution in [0.25, 0.3) is 10.9 Å². The van der Waals surface area contributed by atoms with E-state index >= 15 is 0 Å². The van der Waals surface area contributed by atoms with Crippen LogP contribution in [0.5, 0.6) is 0 Å². The highest BCUT2D eigenvalue weighted by Crippen LogP contribution is 2.36. The van der Waals surface area contributed by atoms with Crippen molar-refractivity contribution in [3.8, 4) is 0 Å². The van der Waals surface area contributed by atoms with Crippen molar-refractivity contribution in [3.05, 3.63) is 42.1 Å². The van der Waals surface area contributed by atoms with E-state index < -0.39 is 0 Å². The summed E-state index contributed by atoms with van der Waals surface area (Å²) < 4.78 is 0. The molecule has 8 nitrogen and oxygen atoms in total. The Bertz CT molecular complexity index is 1050. The van der Waals surface area contributed by atoms with Gasteiger partial charge in [0, 0.05) is 35.8 Å². The van der Waals surface area contributed by atoms with Gasteiger partial charge in [-0.3, -0.25) is 9.78 Å². The highest BCUT2D eigenvalue weighted by Gasteiger charge is 2.38.